The summed E-state index contributed by atoms with van der Waals surface area (Å²) in [6, 6.07) is 10.1. The molecule has 0 aromatic heterocycles. The van der Waals surface area contributed by atoms with E-state index in [2.05, 4.69) is 10.0 Å². The number of nitrogens with one attached hydrogen (secondary N) is 2. The van der Waals surface area contributed by atoms with Gasteiger partial charge in [-0.3, -0.25) is 4.79 Å². The Balaban J connectivity index is 1.93. The van der Waals surface area contributed by atoms with Gasteiger partial charge in [-0.1, -0.05) is 12.1 Å². The number of ether oxygens (including phenoxy) is 2. The SMILES string of the molecule is COc1ccc(CNC(=O)CNS(=O)(=O)c2ccc(C)c(C)c2)cc1OC. The van der Waals surface area contributed by atoms with Gasteiger partial charge in [0.1, 0.15) is 0 Å². The van der Waals surface area contributed by atoms with Crippen LogP contribution in [0.4, 0.5) is 0 Å². The third kappa shape index (κ3) is 5.45. The van der Waals surface area contributed by atoms with Crippen molar-refractivity contribution in [2.75, 3.05) is 20.8 Å². The standard InChI is InChI=1S/C19H24N2O5S/c1-13-5-7-16(9-14(13)2)27(23,24)21-12-19(22)20-11-15-6-8-17(25-3)18(10-15)26-4/h5-10,21H,11-12H2,1-4H3,(H,20,22). The van der Waals surface area contributed by atoms with Crippen LogP contribution < -0.4 is 19.5 Å². The van der Waals surface area contributed by atoms with Gasteiger partial charge < -0.3 is 14.8 Å². The third-order valence-electron chi connectivity index (χ3n) is 4.15. The number of amides is 1. The van der Waals surface area contributed by atoms with Crippen LogP contribution in [0.15, 0.2) is 41.3 Å². The molecule has 0 fully saturated rings. The lowest BCUT2D eigenvalue weighted by Crippen LogP contribution is -2.36. The van der Waals surface area contributed by atoms with Gasteiger partial charge in [-0.15, -0.1) is 0 Å². The van der Waals surface area contributed by atoms with E-state index in [0.717, 1.165) is 16.7 Å². The molecule has 0 spiro atoms. The molecule has 0 aliphatic carbocycles. The van der Waals surface area contributed by atoms with E-state index in [1.807, 2.05) is 13.8 Å². The summed E-state index contributed by atoms with van der Waals surface area (Å²) in [6.07, 6.45) is 0. The van der Waals surface area contributed by atoms with Crippen molar-refractivity contribution in [3.8, 4) is 11.5 Å². The van der Waals surface area contributed by atoms with E-state index in [-0.39, 0.29) is 18.0 Å². The highest BCUT2D eigenvalue weighted by Gasteiger charge is 2.16. The number of carbonyl (C=O) groups excluding carboxylic acids is 1. The van der Waals surface area contributed by atoms with Crippen LogP contribution in [0.3, 0.4) is 0 Å². The summed E-state index contributed by atoms with van der Waals surface area (Å²) in [5, 5.41) is 2.67. The Morgan fingerprint density at radius 3 is 2.30 bits per heavy atom. The Labute approximate surface area is 159 Å². The molecule has 2 aromatic carbocycles. The van der Waals surface area contributed by atoms with Crippen molar-refractivity contribution in [3.63, 3.8) is 0 Å². The molecule has 0 bridgehead atoms. The van der Waals surface area contributed by atoms with Gasteiger partial charge in [0.25, 0.3) is 0 Å². The van der Waals surface area contributed by atoms with Gasteiger partial charge in [-0.2, -0.15) is 0 Å². The topological polar surface area (TPSA) is 93.7 Å². The Morgan fingerprint density at radius 2 is 1.67 bits per heavy atom. The lowest BCUT2D eigenvalue weighted by molar-refractivity contribution is -0.120. The first-order valence-electron chi connectivity index (χ1n) is 8.31. The maximum Gasteiger partial charge on any atom is 0.241 e. The minimum atomic E-state index is -3.74. The zero-order chi connectivity index (χ0) is 20.0. The molecular formula is C19H24N2O5S. The number of carbonyl (C=O) groups is 1. The number of benzene rings is 2. The number of methoxy groups -OCH3 is 2. The Hall–Kier alpha value is -2.58. The second kappa shape index (κ2) is 8.88. The normalized spacial score (nSPS) is 11.1. The average Bonchev–Trinajstić information content (AvgIpc) is 2.66. The van der Waals surface area contributed by atoms with Gasteiger partial charge in [0.05, 0.1) is 25.7 Å². The molecule has 0 atom stereocenters. The minimum Gasteiger partial charge on any atom is -0.493 e. The van der Waals surface area contributed by atoms with Crippen LogP contribution in [-0.2, 0) is 21.4 Å². The predicted octanol–water partition coefficient (Wildman–Crippen LogP) is 1.92. The molecule has 0 aliphatic rings. The molecule has 2 N–H and O–H groups in total. The van der Waals surface area contributed by atoms with E-state index in [0.29, 0.717) is 11.5 Å². The van der Waals surface area contributed by atoms with Crippen LogP contribution in [0.1, 0.15) is 16.7 Å². The quantitative estimate of drug-likeness (QED) is 0.716. The lowest BCUT2D eigenvalue weighted by Gasteiger charge is -2.11. The number of hydrogen-bond donors (Lipinski definition) is 2. The fourth-order valence-corrected chi connectivity index (χ4v) is 3.45. The average molecular weight is 392 g/mol. The molecule has 2 rings (SSSR count). The molecule has 0 aliphatic heterocycles. The van der Waals surface area contributed by atoms with Gasteiger partial charge >= 0.3 is 0 Å². The van der Waals surface area contributed by atoms with E-state index < -0.39 is 15.9 Å². The van der Waals surface area contributed by atoms with Crippen molar-refractivity contribution >= 4 is 15.9 Å². The van der Waals surface area contributed by atoms with Crippen molar-refractivity contribution in [2.45, 2.75) is 25.3 Å². The monoisotopic (exact) mass is 392 g/mol. The maximum atomic E-state index is 12.3. The molecule has 0 saturated carbocycles. The lowest BCUT2D eigenvalue weighted by atomic mass is 10.1. The van der Waals surface area contributed by atoms with Gasteiger partial charge in [-0.05, 0) is 54.8 Å². The molecule has 1 amide bonds. The van der Waals surface area contributed by atoms with Crippen LogP contribution in [0.2, 0.25) is 0 Å². The Morgan fingerprint density at radius 1 is 0.963 bits per heavy atom. The highest BCUT2D eigenvalue weighted by molar-refractivity contribution is 7.89. The summed E-state index contributed by atoms with van der Waals surface area (Å²) in [7, 11) is -0.672. The molecule has 0 unspecified atom stereocenters. The number of hydrogen-bond acceptors (Lipinski definition) is 5. The summed E-state index contributed by atoms with van der Waals surface area (Å²) >= 11 is 0. The van der Waals surface area contributed by atoms with Crippen molar-refractivity contribution in [1.29, 1.82) is 0 Å². The first kappa shape index (κ1) is 20.7. The van der Waals surface area contributed by atoms with Gasteiger partial charge in [0.2, 0.25) is 15.9 Å². The second-order valence-corrected chi connectivity index (χ2v) is 7.80. The van der Waals surface area contributed by atoms with Crippen LogP contribution in [0.5, 0.6) is 11.5 Å². The molecule has 146 valence electrons. The number of rotatable bonds is 8. The maximum absolute atomic E-state index is 12.3. The van der Waals surface area contributed by atoms with Gasteiger partial charge in [0, 0.05) is 6.54 Å². The zero-order valence-electron chi connectivity index (χ0n) is 15.8. The summed E-state index contributed by atoms with van der Waals surface area (Å²) in [4.78, 5) is 12.1. The van der Waals surface area contributed by atoms with Crippen molar-refractivity contribution in [2.24, 2.45) is 0 Å². The molecular weight excluding hydrogens is 368 g/mol. The van der Waals surface area contributed by atoms with Crippen LogP contribution in [0, 0.1) is 13.8 Å². The molecule has 27 heavy (non-hydrogen) atoms. The van der Waals surface area contributed by atoms with E-state index in [4.69, 9.17) is 9.47 Å². The highest BCUT2D eigenvalue weighted by atomic mass is 32.2. The van der Waals surface area contributed by atoms with Crippen molar-refractivity contribution < 1.29 is 22.7 Å². The van der Waals surface area contributed by atoms with Gasteiger partial charge in [-0.25, -0.2) is 13.1 Å². The summed E-state index contributed by atoms with van der Waals surface area (Å²) < 4.78 is 37.3. The fraction of sp³-hybridized carbons (Fsp3) is 0.316. The highest BCUT2D eigenvalue weighted by Crippen LogP contribution is 2.27. The summed E-state index contributed by atoms with van der Waals surface area (Å²) in [5.74, 6) is 0.714. The number of aryl methyl sites for hydroxylation is 2. The largest absolute Gasteiger partial charge is 0.493 e. The predicted molar refractivity (Wildman–Crippen MR) is 102 cm³/mol. The smallest absolute Gasteiger partial charge is 0.241 e. The van der Waals surface area contributed by atoms with Crippen molar-refractivity contribution in [1.82, 2.24) is 10.0 Å². The zero-order valence-corrected chi connectivity index (χ0v) is 16.6. The van der Waals surface area contributed by atoms with E-state index in [9.17, 15) is 13.2 Å². The first-order valence-corrected chi connectivity index (χ1v) is 9.79. The molecule has 0 heterocycles. The van der Waals surface area contributed by atoms with Crippen LogP contribution >= 0.6 is 0 Å². The van der Waals surface area contributed by atoms with E-state index >= 15 is 0 Å². The van der Waals surface area contributed by atoms with E-state index in [1.54, 1.807) is 37.4 Å². The molecule has 7 nitrogen and oxygen atoms in total. The Bertz CT molecular complexity index is 926. The fourth-order valence-electron chi connectivity index (χ4n) is 2.38. The minimum absolute atomic E-state index is 0.137. The Kier molecular flexibility index (Phi) is 6.81. The van der Waals surface area contributed by atoms with Crippen molar-refractivity contribution in [3.05, 3.63) is 53.1 Å². The van der Waals surface area contributed by atoms with Crippen LogP contribution in [0.25, 0.3) is 0 Å². The third-order valence-corrected chi connectivity index (χ3v) is 5.55. The van der Waals surface area contributed by atoms with Crippen LogP contribution in [-0.4, -0.2) is 35.1 Å². The van der Waals surface area contributed by atoms with E-state index in [1.165, 1.54) is 13.2 Å². The second-order valence-electron chi connectivity index (χ2n) is 6.04. The number of sulfonamides is 1. The van der Waals surface area contributed by atoms with Gasteiger partial charge in [0.15, 0.2) is 11.5 Å². The molecule has 2 aromatic rings. The molecule has 0 saturated heterocycles. The summed E-state index contributed by atoms with van der Waals surface area (Å²) in [5.41, 5.74) is 2.68. The first-order chi connectivity index (χ1) is 12.8. The molecule has 8 heteroatoms. The summed E-state index contributed by atoms with van der Waals surface area (Å²) in [6.45, 7) is 3.64. The molecule has 0 radical (unpaired) electrons.